The maximum Gasteiger partial charge on any atom is 0.238 e. The van der Waals surface area contributed by atoms with Crippen LogP contribution in [0.1, 0.15) is 5.56 Å². The number of benzene rings is 2. The van der Waals surface area contributed by atoms with Gasteiger partial charge in [-0.1, -0.05) is 30.3 Å². The standard InChI is InChI=1S/C16H16BrFN2O/c17-13-6-2-4-8-15(13)20-16(21)11-19-10-9-12-5-1-3-7-14(12)18/h1-8,19H,9-11H2,(H,20,21). The Hall–Kier alpha value is -1.72. The second-order valence-corrected chi connectivity index (χ2v) is 5.40. The van der Waals surface area contributed by atoms with Gasteiger partial charge >= 0.3 is 0 Å². The molecule has 0 atom stereocenters. The monoisotopic (exact) mass is 350 g/mol. The van der Waals surface area contributed by atoms with Gasteiger partial charge in [-0.25, -0.2) is 4.39 Å². The highest BCUT2D eigenvalue weighted by molar-refractivity contribution is 9.10. The summed E-state index contributed by atoms with van der Waals surface area (Å²) in [5.74, 6) is -0.340. The zero-order chi connectivity index (χ0) is 15.1. The number of rotatable bonds is 6. The third kappa shape index (κ3) is 4.95. The van der Waals surface area contributed by atoms with Crippen molar-refractivity contribution < 1.29 is 9.18 Å². The van der Waals surface area contributed by atoms with E-state index in [4.69, 9.17) is 0 Å². The van der Waals surface area contributed by atoms with E-state index < -0.39 is 0 Å². The summed E-state index contributed by atoms with van der Waals surface area (Å²) in [6, 6.07) is 14.1. The van der Waals surface area contributed by atoms with Crippen LogP contribution in [0.5, 0.6) is 0 Å². The first-order valence-corrected chi connectivity index (χ1v) is 7.44. The molecule has 0 unspecified atom stereocenters. The van der Waals surface area contributed by atoms with Crippen LogP contribution in [0.3, 0.4) is 0 Å². The number of nitrogens with one attached hydrogen (secondary N) is 2. The lowest BCUT2D eigenvalue weighted by molar-refractivity contribution is -0.115. The minimum Gasteiger partial charge on any atom is -0.324 e. The van der Waals surface area contributed by atoms with Crippen LogP contribution in [0.2, 0.25) is 0 Å². The van der Waals surface area contributed by atoms with E-state index in [2.05, 4.69) is 26.6 Å². The smallest absolute Gasteiger partial charge is 0.238 e. The van der Waals surface area contributed by atoms with E-state index >= 15 is 0 Å². The summed E-state index contributed by atoms with van der Waals surface area (Å²) in [4.78, 5) is 11.8. The Bertz CT molecular complexity index is 619. The number of halogens is 2. The Morgan fingerprint density at radius 1 is 1.10 bits per heavy atom. The molecular formula is C16H16BrFN2O. The fourth-order valence-corrected chi connectivity index (χ4v) is 2.27. The van der Waals surface area contributed by atoms with Crippen molar-refractivity contribution in [2.75, 3.05) is 18.4 Å². The number of para-hydroxylation sites is 1. The van der Waals surface area contributed by atoms with Crippen molar-refractivity contribution in [2.24, 2.45) is 0 Å². The molecule has 1 amide bonds. The van der Waals surface area contributed by atoms with Crippen molar-refractivity contribution in [3.63, 3.8) is 0 Å². The Morgan fingerprint density at radius 3 is 2.57 bits per heavy atom. The average molecular weight is 351 g/mol. The van der Waals surface area contributed by atoms with Gasteiger partial charge in [0.1, 0.15) is 5.82 Å². The SMILES string of the molecule is O=C(CNCCc1ccccc1F)Nc1ccccc1Br. The molecule has 5 heteroatoms. The lowest BCUT2D eigenvalue weighted by Gasteiger charge is -2.08. The number of carbonyl (C=O) groups is 1. The number of amides is 1. The highest BCUT2D eigenvalue weighted by atomic mass is 79.9. The first-order valence-electron chi connectivity index (χ1n) is 6.65. The first-order chi connectivity index (χ1) is 10.2. The van der Waals surface area contributed by atoms with E-state index in [1.54, 1.807) is 18.2 Å². The van der Waals surface area contributed by atoms with Crippen LogP contribution >= 0.6 is 15.9 Å². The molecule has 0 aliphatic heterocycles. The highest BCUT2D eigenvalue weighted by Crippen LogP contribution is 2.20. The van der Waals surface area contributed by atoms with Crippen LogP contribution in [-0.4, -0.2) is 19.0 Å². The van der Waals surface area contributed by atoms with Gasteiger partial charge in [0.15, 0.2) is 0 Å². The molecule has 2 aromatic carbocycles. The molecule has 0 heterocycles. The van der Waals surface area contributed by atoms with Gasteiger partial charge in [-0.2, -0.15) is 0 Å². The van der Waals surface area contributed by atoms with Gasteiger partial charge in [-0.3, -0.25) is 4.79 Å². The molecule has 2 rings (SSSR count). The minimum absolute atomic E-state index is 0.129. The Balaban J connectivity index is 1.73. The summed E-state index contributed by atoms with van der Waals surface area (Å²) in [6.45, 7) is 0.736. The third-order valence-corrected chi connectivity index (χ3v) is 3.65. The summed E-state index contributed by atoms with van der Waals surface area (Å²) in [5, 5.41) is 5.80. The average Bonchev–Trinajstić information content (AvgIpc) is 2.48. The molecule has 0 aliphatic rings. The van der Waals surface area contributed by atoms with Crippen molar-refractivity contribution in [2.45, 2.75) is 6.42 Å². The summed E-state index contributed by atoms with van der Waals surface area (Å²) < 4.78 is 14.2. The molecule has 0 spiro atoms. The second kappa shape index (κ2) is 7.90. The van der Waals surface area contributed by atoms with Crippen molar-refractivity contribution in [1.29, 1.82) is 0 Å². The van der Waals surface area contributed by atoms with Crippen molar-refractivity contribution in [1.82, 2.24) is 5.32 Å². The number of hydrogen-bond donors (Lipinski definition) is 2. The van der Waals surface area contributed by atoms with Crippen LogP contribution < -0.4 is 10.6 Å². The number of hydrogen-bond acceptors (Lipinski definition) is 2. The molecule has 0 bridgehead atoms. The van der Waals surface area contributed by atoms with Crippen molar-refractivity contribution in [3.8, 4) is 0 Å². The zero-order valence-corrected chi connectivity index (χ0v) is 13.0. The van der Waals surface area contributed by atoms with Gasteiger partial charge in [0.25, 0.3) is 0 Å². The molecule has 3 nitrogen and oxygen atoms in total. The molecule has 0 aliphatic carbocycles. The molecule has 2 N–H and O–H groups in total. The molecule has 0 radical (unpaired) electrons. The van der Waals surface area contributed by atoms with Gasteiger partial charge in [0.05, 0.1) is 12.2 Å². The van der Waals surface area contributed by atoms with E-state index in [-0.39, 0.29) is 18.3 Å². The zero-order valence-electron chi connectivity index (χ0n) is 11.4. The largest absolute Gasteiger partial charge is 0.324 e. The summed E-state index contributed by atoms with van der Waals surface area (Å²) in [6.07, 6.45) is 0.551. The molecule has 21 heavy (non-hydrogen) atoms. The molecule has 0 saturated heterocycles. The highest BCUT2D eigenvalue weighted by Gasteiger charge is 2.05. The molecule has 110 valence electrons. The summed E-state index contributed by atoms with van der Waals surface area (Å²) >= 11 is 3.37. The molecule has 0 saturated carbocycles. The van der Waals surface area contributed by atoms with Gasteiger partial charge in [0.2, 0.25) is 5.91 Å². The van der Waals surface area contributed by atoms with E-state index in [0.717, 1.165) is 10.2 Å². The first kappa shape index (κ1) is 15.7. The quantitative estimate of drug-likeness (QED) is 0.784. The second-order valence-electron chi connectivity index (χ2n) is 4.55. The fourth-order valence-electron chi connectivity index (χ4n) is 1.88. The van der Waals surface area contributed by atoms with E-state index in [1.165, 1.54) is 6.07 Å². The van der Waals surface area contributed by atoms with E-state index in [0.29, 0.717) is 18.5 Å². The summed E-state index contributed by atoms with van der Waals surface area (Å²) in [7, 11) is 0. The van der Waals surface area contributed by atoms with Gasteiger partial charge in [0, 0.05) is 4.47 Å². The molecule has 0 aromatic heterocycles. The normalized spacial score (nSPS) is 10.4. The molecule has 0 fully saturated rings. The number of carbonyl (C=O) groups excluding carboxylic acids is 1. The number of anilines is 1. The Kier molecular flexibility index (Phi) is 5.90. The third-order valence-electron chi connectivity index (χ3n) is 2.96. The maximum atomic E-state index is 13.4. The molecular weight excluding hydrogens is 335 g/mol. The van der Waals surface area contributed by atoms with Crippen LogP contribution in [0.15, 0.2) is 53.0 Å². The van der Waals surface area contributed by atoms with Crippen LogP contribution in [-0.2, 0) is 11.2 Å². The predicted octanol–water partition coefficient (Wildman–Crippen LogP) is 3.36. The van der Waals surface area contributed by atoms with E-state index in [9.17, 15) is 9.18 Å². The van der Waals surface area contributed by atoms with Crippen molar-refractivity contribution in [3.05, 3.63) is 64.4 Å². The molecule has 2 aromatic rings. The Morgan fingerprint density at radius 2 is 1.81 bits per heavy atom. The minimum atomic E-state index is -0.211. The van der Waals surface area contributed by atoms with Gasteiger partial charge in [-0.05, 0) is 52.7 Å². The van der Waals surface area contributed by atoms with Crippen LogP contribution in [0.25, 0.3) is 0 Å². The van der Waals surface area contributed by atoms with Gasteiger partial charge < -0.3 is 10.6 Å². The van der Waals surface area contributed by atoms with Crippen LogP contribution in [0.4, 0.5) is 10.1 Å². The lowest BCUT2D eigenvalue weighted by Crippen LogP contribution is -2.29. The van der Waals surface area contributed by atoms with Crippen LogP contribution in [0, 0.1) is 5.82 Å². The lowest BCUT2D eigenvalue weighted by atomic mass is 10.1. The van der Waals surface area contributed by atoms with E-state index in [1.807, 2.05) is 24.3 Å². The summed E-state index contributed by atoms with van der Waals surface area (Å²) in [5.41, 5.74) is 1.38. The van der Waals surface area contributed by atoms with Gasteiger partial charge in [-0.15, -0.1) is 0 Å². The Labute approximate surface area is 131 Å². The maximum absolute atomic E-state index is 13.4. The van der Waals surface area contributed by atoms with Crippen molar-refractivity contribution >= 4 is 27.5 Å². The fraction of sp³-hybridized carbons (Fsp3) is 0.188. The predicted molar refractivity (Wildman–Crippen MR) is 85.7 cm³/mol. The topological polar surface area (TPSA) is 41.1 Å².